The van der Waals surface area contributed by atoms with Crippen molar-refractivity contribution in [2.75, 3.05) is 38.2 Å². The van der Waals surface area contributed by atoms with E-state index in [9.17, 15) is 9.90 Å². The predicted octanol–water partition coefficient (Wildman–Crippen LogP) is 2.90. The maximum absolute atomic E-state index is 12.1. The van der Waals surface area contributed by atoms with Gasteiger partial charge in [-0.3, -0.25) is 4.79 Å². The number of rotatable bonds is 8. The second kappa shape index (κ2) is 9.04. The molecule has 0 spiro atoms. The minimum absolute atomic E-state index is 0.0358. The molecule has 5 nitrogen and oxygen atoms in total. The van der Waals surface area contributed by atoms with Crippen LogP contribution < -0.4 is 10.1 Å². The number of aliphatic hydroxyl groups excluding tert-OH is 1. The van der Waals surface area contributed by atoms with Crippen molar-refractivity contribution < 1.29 is 14.6 Å². The van der Waals surface area contributed by atoms with Crippen LogP contribution in [0.3, 0.4) is 0 Å². The Kier molecular flexibility index (Phi) is 7.06. The van der Waals surface area contributed by atoms with Gasteiger partial charge in [-0.2, -0.15) is 0 Å². The number of nitrogens with zero attached hydrogens (tertiary/aromatic N) is 1. The van der Waals surface area contributed by atoms with Crippen molar-refractivity contribution in [1.29, 1.82) is 0 Å². The zero-order chi connectivity index (χ0) is 17.4. The molecular weight excluding hydrogens is 304 g/mol. The van der Waals surface area contributed by atoms with Gasteiger partial charge in [-0.1, -0.05) is 6.92 Å². The van der Waals surface area contributed by atoms with E-state index in [2.05, 4.69) is 17.1 Å². The highest BCUT2D eigenvalue weighted by molar-refractivity contribution is 5.90. The summed E-state index contributed by atoms with van der Waals surface area (Å²) in [6, 6.07) is 7.45. The molecule has 1 aliphatic heterocycles. The zero-order valence-corrected chi connectivity index (χ0v) is 14.9. The first-order chi connectivity index (χ1) is 11.6. The van der Waals surface area contributed by atoms with Gasteiger partial charge in [0, 0.05) is 25.3 Å². The van der Waals surface area contributed by atoms with Crippen LogP contribution in [0, 0.1) is 5.41 Å². The monoisotopic (exact) mass is 334 g/mol. The minimum Gasteiger partial charge on any atom is -0.494 e. The third kappa shape index (κ3) is 5.21. The number of carbonyl (C=O) groups is 1. The summed E-state index contributed by atoms with van der Waals surface area (Å²) in [6.07, 6.45) is 3.54. The summed E-state index contributed by atoms with van der Waals surface area (Å²) >= 11 is 0. The number of anilines is 1. The summed E-state index contributed by atoms with van der Waals surface area (Å²) < 4.78 is 5.39. The molecule has 0 atom stereocenters. The van der Waals surface area contributed by atoms with Crippen LogP contribution in [-0.2, 0) is 4.79 Å². The normalized spacial score (nSPS) is 17.5. The van der Waals surface area contributed by atoms with Crippen LogP contribution in [0.15, 0.2) is 24.3 Å². The van der Waals surface area contributed by atoms with Gasteiger partial charge in [-0.25, -0.2) is 0 Å². The van der Waals surface area contributed by atoms with E-state index >= 15 is 0 Å². The molecule has 1 aromatic carbocycles. The van der Waals surface area contributed by atoms with Crippen LogP contribution in [0.1, 0.15) is 39.5 Å². The third-order valence-corrected chi connectivity index (χ3v) is 5.11. The SMILES string of the molecule is CCOc1ccc(NC(=O)CCN2CCC(CC)(CO)CC2)cc1. The molecule has 1 amide bonds. The first-order valence-electron chi connectivity index (χ1n) is 8.97. The molecule has 2 N–H and O–H groups in total. The number of nitrogens with one attached hydrogen (secondary N) is 1. The average Bonchev–Trinajstić information content (AvgIpc) is 2.62. The second-order valence-electron chi connectivity index (χ2n) is 6.61. The highest BCUT2D eigenvalue weighted by Gasteiger charge is 2.32. The molecule has 0 unspecified atom stereocenters. The van der Waals surface area contributed by atoms with Crippen molar-refractivity contribution in [3.05, 3.63) is 24.3 Å². The van der Waals surface area contributed by atoms with Crippen LogP contribution in [-0.4, -0.2) is 48.8 Å². The summed E-state index contributed by atoms with van der Waals surface area (Å²) in [6.45, 7) is 7.70. The lowest BCUT2D eigenvalue weighted by atomic mass is 9.77. The molecular formula is C19H30N2O3. The van der Waals surface area contributed by atoms with Crippen LogP contribution in [0.5, 0.6) is 5.75 Å². The van der Waals surface area contributed by atoms with Crippen molar-refractivity contribution in [2.45, 2.75) is 39.5 Å². The Balaban J connectivity index is 1.72. The number of benzene rings is 1. The molecule has 2 rings (SSSR count). The Morgan fingerprint density at radius 1 is 1.25 bits per heavy atom. The Labute approximate surface area is 145 Å². The first kappa shape index (κ1) is 18.7. The van der Waals surface area contributed by atoms with Crippen LogP contribution in [0.25, 0.3) is 0 Å². The Morgan fingerprint density at radius 2 is 1.92 bits per heavy atom. The van der Waals surface area contributed by atoms with Gasteiger partial charge in [0.1, 0.15) is 5.75 Å². The molecule has 5 heteroatoms. The molecule has 1 fully saturated rings. The van der Waals surface area contributed by atoms with Gasteiger partial charge in [0.25, 0.3) is 0 Å². The van der Waals surface area contributed by atoms with Gasteiger partial charge < -0.3 is 20.1 Å². The molecule has 24 heavy (non-hydrogen) atoms. The van der Waals surface area contributed by atoms with E-state index in [1.165, 1.54) is 0 Å². The van der Waals surface area contributed by atoms with E-state index in [-0.39, 0.29) is 17.9 Å². The van der Waals surface area contributed by atoms with E-state index < -0.39 is 0 Å². The number of carbonyl (C=O) groups excluding carboxylic acids is 1. The third-order valence-electron chi connectivity index (χ3n) is 5.11. The number of amides is 1. The van der Waals surface area contributed by atoms with Gasteiger partial charge >= 0.3 is 0 Å². The Bertz CT molecular complexity index is 502. The van der Waals surface area contributed by atoms with Gasteiger partial charge in [0.2, 0.25) is 5.91 Å². The molecule has 1 aromatic rings. The van der Waals surface area contributed by atoms with Crippen molar-refractivity contribution >= 4 is 11.6 Å². The molecule has 1 saturated heterocycles. The number of hydrogen-bond donors (Lipinski definition) is 2. The average molecular weight is 334 g/mol. The summed E-state index contributed by atoms with van der Waals surface area (Å²) in [5.41, 5.74) is 0.897. The summed E-state index contributed by atoms with van der Waals surface area (Å²) in [7, 11) is 0. The van der Waals surface area contributed by atoms with E-state index in [4.69, 9.17) is 4.74 Å². The summed E-state index contributed by atoms with van der Waals surface area (Å²) in [4.78, 5) is 14.4. The van der Waals surface area contributed by atoms with Crippen molar-refractivity contribution in [1.82, 2.24) is 4.90 Å². The lowest BCUT2D eigenvalue weighted by molar-refractivity contribution is -0.116. The Morgan fingerprint density at radius 3 is 2.46 bits per heavy atom. The van der Waals surface area contributed by atoms with Crippen molar-refractivity contribution in [2.24, 2.45) is 5.41 Å². The quantitative estimate of drug-likeness (QED) is 0.767. The van der Waals surface area contributed by atoms with Crippen LogP contribution in [0.2, 0.25) is 0 Å². The van der Waals surface area contributed by atoms with Crippen molar-refractivity contribution in [3.8, 4) is 5.75 Å². The minimum atomic E-state index is 0.0358. The van der Waals surface area contributed by atoms with Gasteiger partial charge in [0.15, 0.2) is 0 Å². The van der Waals surface area contributed by atoms with Crippen LogP contribution >= 0.6 is 0 Å². The molecule has 0 aromatic heterocycles. The van der Waals surface area contributed by atoms with E-state index in [0.29, 0.717) is 13.0 Å². The van der Waals surface area contributed by atoms with E-state index in [0.717, 1.165) is 50.3 Å². The smallest absolute Gasteiger partial charge is 0.225 e. The molecule has 134 valence electrons. The number of piperidine rings is 1. The summed E-state index contributed by atoms with van der Waals surface area (Å²) in [5, 5.41) is 12.5. The van der Waals surface area contributed by atoms with Crippen LogP contribution in [0.4, 0.5) is 5.69 Å². The van der Waals surface area contributed by atoms with Gasteiger partial charge in [0.05, 0.1) is 6.61 Å². The maximum Gasteiger partial charge on any atom is 0.225 e. The fraction of sp³-hybridized carbons (Fsp3) is 0.632. The topological polar surface area (TPSA) is 61.8 Å². The highest BCUT2D eigenvalue weighted by Crippen LogP contribution is 2.34. The lowest BCUT2D eigenvalue weighted by Gasteiger charge is -2.40. The van der Waals surface area contributed by atoms with Gasteiger partial charge in [-0.05, 0) is 69.0 Å². The highest BCUT2D eigenvalue weighted by atomic mass is 16.5. The molecule has 1 heterocycles. The number of hydrogen-bond acceptors (Lipinski definition) is 4. The molecule has 0 radical (unpaired) electrons. The van der Waals surface area contributed by atoms with E-state index in [1.54, 1.807) is 0 Å². The summed E-state index contributed by atoms with van der Waals surface area (Å²) in [5.74, 6) is 0.848. The number of likely N-dealkylation sites (tertiary alicyclic amines) is 1. The second-order valence-corrected chi connectivity index (χ2v) is 6.61. The van der Waals surface area contributed by atoms with Crippen molar-refractivity contribution in [3.63, 3.8) is 0 Å². The fourth-order valence-electron chi connectivity index (χ4n) is 3.16. The van der Waals surface area contributed by atoms with E-state index in [1.807, 2.05) is 31.2 Å². The lowest BCUT2D eigenvalue weighted by Crippen LogP contribution is -2.42. The zero-order valence-electron chi connectivity index (χ0n) is 14.9. The molecule has 1 aliphatic rings. The fourth-order valence-corrected chi connectivity index (χ4v) is 3.16. The number of aliphatic hydroxyl groups is 1. The maximum atomic E-state index is 12.1. The Hall–Kier alpha value is -1.59. The molecule has 0 bridgehead atoms. The first-order valence-corrected chi connectivity index (χ1v) is 8.97. The molecule has 0 aliphatic carbocycles. The standard InChI is InChI=1S/C19H30N2O3/c1-3-19(15-22)10-13-21(14-11-19)12-9-18(23)20-16-5-7-17(8-6-16)24-4-2/h5-8,22H,3-4,9-15H2,1-2H3,(H,20,23). The number of ether oxygens (including phenoxy) is 1. The largest absolute Gasteiger partial charge is 0.494 e. The predicted molar refractivity (Wildman–Crippen MR) is 96.3 cm³/mol. The van der Waals surface area contributed by atoms with Gasteiger partial charge in [-0.15, -0.1) is 0 Å². The molecule has 0 saturated carbocycles.